The van der Waals surface area contributed by atoms with Gasteiger partial charge in [0.05, 0.1) is 12.7 Å². The second-order valence-electron chi connectivity index (χ2n) is 8.45. The molecule has 1 fully saturated rings. The van der Waals surface area contributed by atoms with Gasteiger partial charge in [-0.15, -0.1) is 0 Å². The first-order valence-electron chi connectivity index (χ1n) is 11.0. The summed E-state index contributed by atoms with van der Waals surface area (Å²) in [5.74, 6) is -0.302. The maximum atomic E-state index is 13.8. The van der Waals surface area contributed by atoms with Gasteiger partial charge in [-0.1, -0.05) is 18.2 Å². The second kappa shape index (κ2) is 8.39. The third kappa shape index (κ3) is 3.66. The number of esters is 1. The maximum Gasteiger partial charge on any atom is 0.323 e. The first-order valence-corrected chi connectivity index (χ1v) is 11.0. The monoisotopic (exact) mass is 436 g/mol. The molecule has 1 atom stereocenters. The quantitative estimate of drug-likeness (QED) is 0.571. The van der Waals surface area contributed by atoms with Crippen LogP contribution in [0.5, 0.6) is 0 Å². The maximum absolute atomic E-state index is 13.8. The van der Waals surface area contributed by atoms with Gasteiger partial charge in [-0.05, 0) is 62.5 Å². The molecule has 6 nitrogen and oxygen atoms in total. The molecule has 7 heteroatoms. The number of fused-ring (bicyclic) bond motifs is 2. The highest BCUT2D eigenvalue weighted by Gasteiger charge is 2.33. The van der Waals surface area contributed by atoms with Crippen molar-refractivity contribution in [2.24, 2.45) is 0 Å². The summed E-state index contributed by atoms with van der Waals surface area (Å²) in [5.41, 5.74) is 4.61. The number of rotatable bonds is 5. The first kappa shape index (κ1) is 20.7. The minimum absolute atomic E-state index is 0.118. The summed E-state index contributed by atoms with van der Waals surface area (Å²) in [6.45, 7) is 2.17. The number of hydrogen-bond donors (Lipinski definition) is 1. The van der Waals surface area contributed by atoms with Gasteiger partial charge >= 0.3 is 5.97 Å². The molecule has 0 radical (unpaired) electrons. The molecule has 3 aliphatic heterocycles. The fraction of sp³-hybridized carbons (Fsp3) is 0.360. The van der Waals surface area contributed by atoms with Crippen LogP contribution in [0.25, 0.3) is 11.3 Å². The second-order valence-corrected chi connectivity index (χ2v) is 8.45. The number of likely N-dealkylation sites (tertiary alicyclic amines) is 1. The van der Waals surface area contributed by atoms with Gasteiger partial charge in [0.15, 0.2) is 0 Å². The van der Waals surface area contributed by atoms with Crippen LogP contribution in [0.15, 0.2) is 36.4 Å². The number of nitrogens with zero attached hydrogens (tertiary/aromatic N) is 1. The van der Waals surface area contributed by atoms with Crippen molar-refractivity contribution >= 4 is 28.9 Å². The standard InChI is InChI=1S/C25H25FN2O4/c1-31-25(30)21-5-3-11-28(21)10-2-4-15-6-8-18-16(12-15)14-32-23(18)22-19-13-17(26)7-9-20(19)27-24(22)29/h6-9,12-13,21H,2-5,10-11,14H2,1H3,(H,27,29)/b23-22+/t21-/m0/s1. The van der Waals surface area contributed by atoms with Crippen molar-refractivity contribution in [3.63, 3.8) is 0 Å². The predicted molar refractivity (Wildman–Crippen MR) is 118 cm³/mol. The molecule has 3 heterocycles. The number of amides is 1. The van der Waals surface area contributed by atoms with Gasteiger partial charge < -0.3 is 14.8 Å². The van der Waals surface area contributed by atoms with Gasteiger partial charge in [0.2, 0.25) is 0 Å². The van der Waals surface area contributed by atoms with E-state index in [1.807, 2.05) is 6.07 Å². The molecular weight excluding hydrogens is 411 g/mol. The zero-order chi connectivity index (χ0) is 22.2. The van der Waals surface area contributed by atoms with E-state index in [0.29, 0.717) is 29.2 Å². The molecule has 1 amide bonds. The van der Waals surface area contributed by atoms with Crippen LogP contribution in [-0.4, -0.2) is 43.0 Å². The largest absolute Gasteiger partial charge is 0.487 e. The number of carbonyl (C=O) groups is 2. The number of halogens is 1. The highest BCUT2D eigenvalue weighted by molar-refractivity contribution is 6.36. The fourth-order valence-electron chi connectivity index (χ4n) is 4.93. The SMILES string of the molecule is COC(=O)[C@@H]1CCCN1CCCc1ccc2c(c1)CO/C2=C1/C(=O)Nc2ccc(F)cc21. The Labute approximate surface area is 186 Å². The molecule has 1 N–H and O–H groups in total. The Bertz CT molecular complexity index is 1130. The molecule has 0 bridgehead atoms. The number of hydrogen-bond acceptors (Lipinski definition) is 5. The Morgan fingerprint density at radius 2 is 2.12 bits per heavy atom. The zero-order valence-corrected chi connectivity index (χ0v) is 17.9. The predicted octanol–water partition coefficient (Wildman–Crippen LogP) is 3.75. The molecule has 0 spiro atoms. The van der Waals surface area contributed by atoms with Crippen molar-refractivity contribution in [2.75, 3.05) is 25.5 Å². The Balaban J connectivity index is 1.31. The Hall–Kier alpha value is -3.19. The number of anilines is 1. The highest BCUT2D eigenvalue weighted by atomic mass is 19.1. The molecule has 0 aromatic heterocycles. The van der Waals surface area contributed by atoms with E-state index in [4.69, 9.17) is 9.47 Å². The highest BCUT2D eigenvalue weighted by Crippen LogP contribution is 2.42. The third-order valence-electron chi connectivity index (χ3n) is 6.49. The molecule has 0 unspecified atom stereocenters. The van der Waals surface area contributed by atoms with Gasteiger partial charge in [0.1, 0.15) is 24.2 Å². The van der Waals surface area contributed by atoms with Crippen molar-refractivity contribution < 1.29 is 23.5 Å². The van der Waals surface area contributed by atoms with Crippen LogP contribution in [0, 0.1) is 5.82 Å². The van der Waals surface area contributed by atoms with Crippen LogP contribution in [-0.2, 0) is 32.1 Å². The van der Waals surface area contributed by atoms with Crippen molar-refractivity contribution in [3.05, 3.63) is 64.5 Å². The lowest BCUT2D eigenvalue weighted by molar-refractivity contribution is -0.145. The van der Waals surface area contributed by atoms with Crippen LogP contribution in [0.4, 0.5) is 10.1 Å². The summed E-state index contributed by atoms with van der Waals surface area (Å²) >= 11 is 0. The number of nitrogens with one attached hydrogen (secondary N) is 1. The van der Waals surface area contributed by atoms with Gasteiger partial charge in [-0.2, -0.15) is 0 Å². The summed E-state index contributed by atoms with van der Waals surface area (Å²) in [5, 5.41) is 2.78. The number of methoxy groups -OCH3 is 1. The normalized spacial score (nSPS) is 21.8. The van der Waals surface area contributed by atoms with Crippen molar-refractivity contribution in [1.29, 1.82) is 0 Å². The summed E-state index contributed by atoms with van der Waals surface area (Å²) in [4.78, 5) is 26.7. The minimum Gasteiger partial charge on any atom is -0.487 e. The van der Waals surface area contributed by atoms with Crippen LogP contribution in [0.2, 0.25) is 0 Å². The molecule has 166 valence electrons. The Morgan fingerprint density at radius 1 is 1.25 bits per heavy atom. The topological polar surface area (TPSA) is 67.9 Å². The van der Waals surface area contributed by atoms with Crippen molar-refractivity contribution in [3.8, 4) is 0 Å². The van der Waals surface area contributed by atoms with Gasteiger partial charge in [0.25, 0.3) is 5.91 Å². The fourth-order valence-corrected chi connectivity index (χ4v) is 4.93. The molecule has 2 aromatic rings. The van der Waals surface area contributed by atoms with Crippen LogP contribution < -0.4 is 5.32 Å². The number of ether oxygens (including phenoxy) is 2. The van der Waals surface area contributed by atoms with E-state index < -0.39 is 0 Å². The molecule has 32 heavy (non-hydrogen) atoms. The summed E-state index contributed by atoms with van der Waals surface area (Å²) in [6, 6.07) is 10.3. The van der Waals surface area contributed by atoms with Crippen LogP contribution in [0.3, 0.4) is 0 Å². The molecule has 5 rings (SSSR count). The number of carbonyl (C=O) groups excluding carboxylic acids is 2. The van der Waals surface area contributed by atoms with Gasteiger partial charge in [-0.25, -0.2) is 4.39 Å². The summed E-state index contributed by atoms with van der Waals surface area (Å²) < 4.78 is 24.6. The summed E-state index contributed by atoms with van der Waals surface area (Å²) in [7, 11) is 1.44. The van der Waals surface area contributed by atoms with E-state index in [9.17, 15) is 14.0 Å². The zero-order valence-electron chi connectivity index (χ0n) is 17.9. The van der Waals surface area contributed by atoms with E-state index >= 15 is 0 Å². The van der Waals surface area contributed by atoms with Gasteiger partial charge in [0, 0.05) is 22.4 Å². The van der Waals surface area contributed by atoms with E-state index in [0.717, 1.165) is 49.9 Å². The summed E-state index contributed by atoms with van der Waals surface area (Å²) in [6.07, 6.45) is 3.71. The average molecular weight is 436 g/mol. The molecule has 2 aromatic carbocycles. The first-order chi connectivity index (χ1) is 15.5. The average Bonchev–Trinajstić information content (AvgIpc) is 3.49. The van der Waals surface area contributed by atoms with E-state index in [2.05, 4.69) is 22.3 Å². The lowest BCUT2D eigenvalue weighted by atomic mass is 9.98. The van der Waals surface area contributed by atoms with E-state index in [-0.39, 0.29) is 23.7 Å². The molecule has 3 aliphatic rings. The van der Waals surface area contributed by atoms with E-state index in [1.54, 1.807) is 6.07 Å². The van der Waals surface area contributed by atoms with Crippen molar-refractivity contribution in [2.45, 2.75) is 38.3 Å². The Kier molecular flexibility index (Phi) is 5.43. The van der Waals surface area contributed by atoms with E-state index in [1.165, 1.54) is 24.8 Å². The lowest BCUT2D eigenvalue weighted by Gasteiger charge is -2.22. The number of aryl methyl sites for hydroxylation is 1. The third-order valence-corrected chi connectivity index (χ3v) is 6.49. The molecule has 0 saturated carbocycles. The number of benzene rings is 2. The smallest absolute Gasteiger partial charge is 0.323 e. The minimum atomic E-state index is -0.389. The van der Waals surface area contributed by atoms with Crippen molar-refractivity contribution in [1.82, 2.24) is 4.90 Å². The van der Waals surface area contributed by atoms with Crippen LogP contribution in [0.1, 0.15) is 41.5 Å². The molecule has 0 aliphatic carbocycles. The Morgan fingerprint density at radius 3 is 2.97 bits per heavy atom. The lowest BCUT2D eigenvalue weighted by Crippen LogP contribution is -2.37. The van der Waals surface area contributed by atoms with Gasteiger partial charge in [-0.3, -0.25) is 14.5 Å². The molecule has 1 saturated heterocycles. The van der Waals surface area contributed by atoms with Crippen LogP contribution >= 0.6 is 0 Å². The molecular formula is C25H25FN2O4.